The third kappa shape index (κ3) is 4.56. The molecule has 1 aliphatic heterocycles. The van der Waals surface area contributed by atoms with Gasteiger partial charge in [0.1, 0.15) is 5.75 Å². The van der Waals surface area contributed by atoms with Gasteiger partial charge in [0.25, 0.3) is 5.91 Å². The number of nitrogens with zero attached hydrogens (tertiary/aromatic N) is 1. The van der Waals surface area contributed by atoms with Crippen LogP contribution in [0.25, 0.3) is 6.08 Å². The molecule has 1 saturated heterocycles. The number of esters is 1. The molecule has 7 heteroatoms. The first-order valence-corrected chi connectivity index (χ1v) is 9.34. The zero-order chi connectivity index (χ0) is 19.4. The first-order chi connectivity index (χ1) is 13.0. The van der Waals surface area contributed by atoms with Gasteiger partial charge in [-0.1, -0.05) is 48.2 Å². The van der Waals surface area contributed by atoms with Gasteiger partial charge in [0.15, 0.2) is 10.9 Å². The van der Waals surface area contributed by atoms with Crippen molar-refractivity contribution < 1.29 is 19.1 Å². The van der Waals surface area contributed by atoms with Gasteiger partial charge < -0.3 is 9.47 Å². The molecular weight excluding hydrogens is 382 g/mol. The Balaban J connectivity index is 1.75. The second kappa shape index (κ2) is 8.37. The largest absolute Gasteiger partial charge is 0.482 e. The summed E-state index contributed by atoms with van der Waals surface area (Å²) in [6, 6.07) is 14.8. The number of thiocarbonyl (C=S) groups is 1. The highest BCUT2D eigenvalue weighted by molar-refractivity contribution is 8.27. The third-order valence-electron chi connectivity index (χ3n) is 3.82. The van der Waals surface area contributed by atoms with Crippen LogP contribution in [0.3, 0.4) is 0 Å². The molecule has 0 unspecified atom stereocenters. The molecule has 27 heavy (non-hydrogen) atoms. The lowest BCUT2D eigenvalue weighted by molar-refractivity contribution is -0.142. The molecule has 0 radical (unpaired) electrons. The highest BCUT2D eigenvalue weighted by Gasteiger charge is 2.33. The van der Waals surface area contributed by atoms with E-state index in [0.717, 1.165) is 16.8 Å². The number of hydrogen-bond donors (Lipinski definition) is 0. The molecule has 0 aliphatic carbocycles. The number of ether oxygens (including phenoxy) is 2. The molecule has 1 fully saturated rings. The van der Waals surface area contributed by atoms with Crippen molar-refractivity contribution in [2.24, 2.45) is 0 Å². The van der Waals surface area contributed by atoms with Crippen molar-refractivity contribution in [2.45, 2.75) is 6.92 Å². The van der Waals surface area contributed by atoms with Crippen LogP contribution in [0.2, 0.25) is 0 Å². The van der Waals surface area contributed by atoms with Gasteiger partial charge in [-0.05, 0) is 48.4 Å². The number of methoxy groups -OCH3 is 1. The van der Waals surface area contributed by atoms with E-state index in [0.29, 0.717) is 15.0 Å². The Labute approximate surface area is 167 Å². The van der Waals surface area contributed by atoms with Crippen LogP contribution in [0.15, 0.2) is 53.4 Å². The van der Waals surface area contributed by atoms with E-state index in [4.69, 9.17) is 17.0 Å². The Kier molecular flexibility index (Phi) is 5.93. The number of carbonyl (C=O) groups excluding carboxylic acids is 2. The predicted molar refractivity (Wildman–Crippen MR) is 111 cm³/mol. The van der Waals surface area contributed by atoms with E-state index in [9.17, 15) is 9.59 Å². The molecule has 1 heterocycles. The van der Waals surface area contributed by atoms with Gasteiger partial charge in [-0.15, -0.1) is 0 Å². The Morgan fingerprint density at radius 3 is 2.63 bits per heavy atom. The SMILES string of the molecule is COC(=O)COc1ccc(/C=C2/SC(=S)N(c3cccc(C)c3)C2=O)cc1. The summed E-state index contributed by atoms with van der Waals surface area (Å²) in [6.07, 6.45) is 1.79. The Morgan fingerprint density at radius 1 is 1.22 bits per heavy atom. The minimum Gasteiger partial charge on any atom is -0.482 e. The molecule has 5 nitrogen and oxygen atoms in total. The van der Waals surface area contributed by atoms with Gasteiger partial charge in [0, 0.05) is 0 Å². The molecule has 0 spiro atoms. The molecule has 138 valence electrons. The normalized spacial score (nSPS) is 15.3. The van der Waals surface area contributed by atoms with Crippen molar-refractivity contribution >= 4 is 51.9 Å². The summed E-state index contributed by atoms with van der Waals surface area (Å²) >= 11 is 6.67. The van der Waals surface area contributed by atoms with Crippen molar-refractivity contribution in [3.63, 3.8) is 0 Å². The van der Waals surface area contributed by atoms with Crippen LogP contribution in [-0.4, -0.2) is 29.9 Å². The number of benzene rings is 2. The number of hydrogen-bond acceptors (Lipinski definition) is 6. The van der Waals surface area contributed by atoms with E-state index in [1.165, 1.54) is 18.9 Å². The fourth-order valence-electron chi connectivity index (χ4n) is 2.47. The number of thioether (sulfide) groups is 1. The van der Waals surface area contributed by atoms with E-state index >= 15 is 0 Å². The maximum atomic E-state index is 12.8. The van der Waals surface area contributed by atoms with Gasteiger partial charge in [-0.2, -0.15) is 0 Å². The number of carbonyl (C=O) groups is 2. The van der Waals surface area contributed by atoms with Crippen LogP contribution in [-0.2, 0) is 14.3 Å². The maximum Gasteiger partial charge on any atom is 0.343 e. The Hall–Kier alpha value is -2.64. The highest BCUT2D eigenvalue weighted by atomic mass is 32.2. The summed E-state index contributed by atoms with van der Waals surface area (Å²) in [5, 5.41) is 0. The van der Waals surface area contributed by atoms with Gasteiger partial charge in [-0.3, -0.25) is 9.69 Å². The second-order valence-electron chi connectivity index (χ2n) is 5.79. The topological polar surface area (TPSA) is 55.8 Å². The summed E-state index contributed by atoms with van der Waals surface area (Å²) in [6.45, 7) is 1.83. The fourth-order valence-corrected chi connectivity index (χ4v) is 3.77. The second-order valence-corrected chi connectivity index (χ2v) is 7.47. The minimum absolute atomic E-state index is 0.137. The van der Waals surface area contributed by atoms with Crippen molar-refractivity contribution in [3.05, 3.63) is 64.6 Å². The van der Waals surface area contributed by atoms with Crippen LogP contribution in [0, 0.1) is 6.92 Å². The maximum absolute atomic E-state index is 12.8. The number of rotatable bonds is 5. The van der Waals surface area contributed by atoms with Gasteiger partial charge in [0.05, 0.1) is 17.7 Å². The van der Waals surface area contributed by atoms with E-state index in [1.54, 1.807) is 23.1 Å². The molecule has 0 bridgehead atoms. The summed E-state index contributed by atoms with van der Waals surface area (Å²) < 4.78 is 10.4. The molecule has 2 aromatic carbocycles. The number of aryl methyl sites for hydroxylation is 1. The Morgan fingerprint density at radius 2 is 1.96 bits per heavy atom. The van der Waals surface area contributed by atoms with E-state index in [1.807, 2.05) is 43.3 Å². The lowest BCUT2D eigenvalue weighted by Gasteiger charge is -2.14. The van der Waals surface area contributed by atoms with Gasteiger partial charge in [-0.25, -0.2) is 4.79 Å². The number of anilines is 1. The lowest BCUT2D eigenvalue weighted by Crippen LogP contribution is -2.27. The monoisotopic (exact) mass is 399 g/mol. The van der Waals surface area contributed by atoms with Gasteiger partial charge >= 0.3 is 5.97 Å². The van der Waals surface area contributed by atoms with Crippen LogP contribution in [0.4, 0.5) is 5.69 Å². The van der Waals surface area contributed by atoms with E-state index in [-0.39, 0.29) is 12.5 Å². The third-order valence-corrected chi connectivity index (χ3v) is 5.12. The van der Waals surface area contributed by atoms with Crippen LogP contribution in [0.5, 0.6) is 5.75 Å². The first kappa shape index (κ1) is 19.1. The van der Waals surface area contributed by atoms with Crippen LogP contribution >= 0.6 is 24.0 Å². The Bertz CT molecular complexity index is 922. The van der Waals surface area contributed by atoms with Crippen molar-refractivity contribution in [1.29, 1.82) is 0 Å². The average Bonchev–Trinajstić information content (AvgIpc) is 2.94. The van der Waals surface area contributed by atoms with Crippen LogP contribution in [0.1, 0.15) is 11.1 Å². The lowest BCUT2D eigenvalue weighted by atomic mass is 10.2. The molecule has 0 saturated carbocycles. The summed E-state index contributed by atoms with van der Waals surface area (Å²) in [5.74, 6) is -0.0367. The standard InChI is InChI=1S/C20H17NO4S2/c1-13-4-3-5-15(10-13)21-19(23)17(27-20(21)26)11-14-6-8-16(9-7-14)25-12-18(22)24-2/h3-11H,12H2,1-2H3/b17-11+. The fraction of sp³-hybridized carbons (Fsp3) is 0.150. The van der Waals surface area contributed by atoms with E-state index in [2.05, 4.69) is 4.74 Å². The van der Waals surface area contributed by atoms with Crippen molar-refractivity contribution in [3.8, 4) is 5.75 Å². The number of amides is 1. The molecule has 3 rings (SSSR count). The highest BCUT2D eigenvalue weighted by Crippen LogP contribution is 2.36. The molecule has 0 aromatic heterocycles. The first-order valence-electron chi connectivity index (χ1n) is 8.12. The zero-order valence-electron chi connectivity index (χ0n) is 14.8. The van der Waals surface area contributed by atoms with Crippen molar-refractivity contribution in [1.82, 2.24) is 0 Å². The molecule has 2 aromatic rings. The average molecular weight is 399 g/mol. The van der Waals surface area contributed by atoms with E-state index < -0.39 is 5.97 Å². The summed E-state index contributed by atoms with van der Waals surface area (Å²) in [5.41, 5.74) is 2.67. The summed E-state index contributed by atoms with van der Waals surface area (Å²) in [4.78, 5) is 26.0. The quantitative estimate of drug-likeness (QED) is 0.431. The van der Waals surface area contributed by atoms with Crippen LogP contribution < -0.4 is 9.64 Å². The molecule has 1 amide bonds. The molecule has 0 N–H and O–H groups in total. The minimum atomic E-state index is -0.445. The predicted octanol–water partition coefficient (Wildman–Crippen LogP) is 3.95. The smallest absolute Gasteiger partial charge is 0.343 e. The van der Waals surface area contributed by atoms with Gasteiger partial charge in [0.2, 0.25) is 0 Å². The summed E-state index contributed by atoms with van der Waals surface area (Å²) in [7, 11) is 1.31. The zero-order valence-corrected chi connectivity index (χ0v) is 16.4. The molecule has 1 aliphatic rings. The molecular formula is C20H17NO4S2. The molecule has 0 atom stereocenters. The van der Waals surface area contributed by atoms with Crippen molar-refractivity contribution in [2.75, 3.05) is 18.6 Å².